The lowest BCUT2D eigenvalue weighted by Crippen LogP contribution is -2.58. The predicted octanol–water partition coefficient (Wildman–Crippen LogP) is 2.13. The minimum atomic E-state index is -0.935. The van der Waals surface area contributed by atoms with E-state index in [1.165, 1.54) is 0 Å². The van der Waals surface area contributed by atoms with Gasteiger partial charge in [0.25, 0.3) is 0 Å². The molecule has 3 atom stereocenters. The van der Waals surface area contributed by atoms with Crippen LogP contribution in [0, 0.1) is 11.8 Å². The van der Waals surface area contributed by atoms with Gasteiger partial charge in [0.2, 0.25) is 0 Å². The second-order valence-corrected chi connectivity index (χ2v) is 6.94. The molecule has 1 saturated heterocycles. The molecule has 1 fully saturated rings. The molecule has 3 aliphatic carbocycles. The largest absolute Gasteiger partial charge is 0.393 e. The molecule has 1 aliphatic heterocycles. The number of hydrogen-bond donors (Lipinski definition) is 1. The van der Waals surface area contributed by atoms with Crippen LogP contribution >= 0.6 is 0 Å². The molecule has 4 aliphatic rings. The zero-order valence-corrected chi connectivity index (χ0v) is 13.1. The minimum absolute atomic E-state index is 0.193. The molecule has 1 heterocycles. The molecule has 0 aromatic heterocycles. The lowest BCUT2D eigenvalue weighted by atomic mass is 9.46. The van der Waals surface area contributed by atoms with Gasteiger partial charge in [0, 0.05) is 5.92 Å². The van der Waals surface area contributed by atoms with Crippen LogP contribution in [0.4, 0.5) is 0 Å². The Kier molecular flexibility index (Phi) is 2.52. The maximum absolute atomic E-state index is 12.6. The molecule has 0 saturated carbocycles. The van der Waals surface area contributed by atoms with E-state index in [9.17, 15) is 14.7 Å². The summed E-state index contributed by atoms with van der Waals surface area (Å²) < 4.78 is 5.04. The number of esters is 2. The van der Waals surface area contributed by atoms with Crippen LogP contribution in [0.15, 0.2) is 48.5 Å². The summed E-state index contributed by atoms with van der Waals surface area (Å²) in [6.45, 7) is 1.70. The van der Waals surface area contributed by atoms with Crippen LogP contribution in [0.1, 0.15) is 35.1 Å². The van der Waals surface area contributed by atoms with Crippen LogP contribution in [0.25, 0.3) is 0 Å². The van der Waals surface area contributed by atoms with Gasteiger partial charge in [-0.15, -0.1) is 0 Å². The molecular weight excluding hydrogens is 304 g/mol. The predicted molar refractivity (Wildman–Crippen MR) is 85.3 cm³/mol. The summed E-state index contributed by atoms with van der Waals surface area (Å²) in [5.41, 5.74) is 2.98. The second kappa shape index (κ2) is 4.33. The first-order valence-electron chi connectivity index (χ1n) is 8.21. The van der Waals surface area contributed by atoms with Crippen LogP contribution in [-0.2, 0) is 19.7 Å². The fourth-order valence-corrected chi connectivity index (χ4v) is 5.35. The minimum Gasteiger partial charge on any atom is -0.393 e. The zero-order chi connectivity index (χ0) is 16.6. The Morgan fingerprint density at radius 1 is 0.958 bits per heavy atom. The molecule has 6 rings (SSSR count). The van der Waals surface area contributed by atoms with Gasteiger partial charge in [-0.25, -0.2) is 0 Å². The highest BCUT2D eigenvalue weighted by Gasteiger charge is 2.68. The lowest BCUT2D eigenvalue weighted by Gasteiger charge is -2.54. The van der Waals surface area contributed by atoms with Crippen molar-refractivity contribution in [3.05, 3.63) is 70.8 Å². The highest BCUT2D eigenvalue weighted by atomic mass is 16.6. The van der Waals surface area contributed by atoms with Crippen LogP contribution < -0.4 is 0 Å². The summed E-state index contributed by atoms with van der Waals surface area (Å²) in [4.78, 5) is 25.1. The molecular formula is C20H16O4. The van der Waals surface area contributed by atoms with Crippen molar-refractivity contribution in [1.82, 2.24) is 0 Å². The molecule has 0 spiro atoms. The van der Waals surface area contributed by atoms with E-state index in [4.69, 9.17) is 4.74 Å². The standard InChI is InChI=1S/C20H16O4/c1-10(21)20-13-8-4-2-6-11(13)15(12-7-3-5-9-14(12)20)16-17(20)19(23)24-18(16)22/h2-10,15-17,21H,1H3/t10?,15?,16-,17+,20?/m1/s1. The number of cyclic esters (lactones) is 2. The first-order valence-corrected chi connectivity index (χ1v) is 8.21. The van der Waals surface area contributed by atoms with Crippen molar-refractivity contribution < 1.29 is 19.4 Å². The topological polar surface area (TPSA) is 63.6 Å². The highest BCUT2D eigenvalue weighted by Crippen LogP contribution is 2.64. The average molecular weight is 320 g/mol. The summed E-state index contributed by atoms with van der Waals surface area (Å²) in [7, 11) is 0. The Balaban J connectivity index is 1.97. The zero-order valence-electron chi connectivity index (χ0n) is 13.1. The summed E-state index contributed by atoms with van der Waals surface area (Å²) in [6, 6.07) is 15.7. The molecule has 120 valence electrons. The van der Waals surface area contributed by atoms with Crippen molar-refractivity contribution in [1.29, 1.82) is 0 Å². The third-order valence-electron chi connectivity index (χ3n) is 6.08. The van der Waals surface area contributed by atoms with Crippen LogP contribution in [0.2, 0.25) is 0 Å². The van der Waals surface area contributed by atoms with Gasteiger partial charge in [-0.1, -0.05) is 48.5 Å². The van der Waals surface area contributed by atoms with E-state index in [2.05, 4.69) is 0 Å². The molecule has 4 nitrogen and oxygen atoms in total. The summed E-state index contributed by atoms with van der Waals surface area (Å²) in [5, 5.41) is 10.9. The molecule has 4 heteroatoms. The van der Waals surface area contributed by atoms with E-state index < -0.39 is 35.3 Å². The van der Waals surface area contributed by atoms with E-state index in [0.717, 1.165) is 22.3 Å². The maximum Gasteiger partial charge on any atom is 0.318 e. The quantitative estimate of drug-likeness (QED) is 0.646. The third kappa shape index (κ3) is 1.31. The van der Waals surface area contributed by atoms with Crippen molar-refractivity contribution in [2.24, 2.45) is 11.8 Å². The Morgan fingerprint density at radius 2 is 1.50 bits per heavy atom. The summed E-state index contributed by atoms with van der Waals surface area (Å²) in [5.74, 6) is -2.40. The number of ether oxygens (including phenoxy) is 1. The molecule has 2 aromatic rings. The van der Waals surface area contributed by atoms with Gasteiger partial charge < -0.3 is 9.84 Å². The average Bonchev–Trinajstić information content (AvgIpc) is 2.90. The fourth-order valence-electron chi connectivity index (χ4n) is 5.35. The first-order chi connectivity index (χ1) is 11.6. The monoisotopic (exact) mass is 320 g/mol. The Labute approximate surface area is 139 Å². The number of benzene rings is 2. The number of carbonyl (C=O) groups is 2. The van der Waals surface area contributed by atoms with Crippen LogP contribution in [-0.4, -0.2) is 23.1 Å². The van der Waals surface area contributed by atoms with Gasteiger partial charge in [-0.2, -0.15) is 0 Å². The van der Waals surface area contributed by atoms with E-state index in [1.807, 2.05) is 48.5 Å². The third-order valence-corrected chi connectivity index (χ3v) is 6.08. The SMILES string of the molecule is CC(O)C12c3ccccc3C(c3ccccc31)[C@H]1C(=O)OC(=O)[C@H]12. The van der Waals surface area contributed by atoms with Crippen LogP contribution in [0.5, 0.6) is 0 Å². The molecule has 1 N–H and O–H groups in total. The van der Waals surface area contributed by atoms with Gasteiger partial charge in [0.15, 0.2) is 0 Å². The first kappa shape index (κ1) is 13.9. The number of hydrogen-bond acceptors (Lipinski definition) is 4. The van der Waals surface area contributed by atoms with Crippen molar-refractivity contribution in [3.63, 3.8) is 0 Å². The normalized spacial score (nSPS) is 33.5. The highest BCUT2D eigenvalue weighted by molar-refractivity contribution is 6.00. The Morgan fingerprint density at radius 3 is 2.04 bits per heavy atom. The number of aliphatic hydroxyl groups is 1. The summed E-state index contributed by atoms with van der Waals surface area (Å²) in [6.07, 6.45) is -0.827. The van der Waals surface area contributed by atoms with Crippen molar-refractivity contribution in [2.75, 3.05) is 0 Å². The fraction of sp³-hybridized carbons (Fsp3) is 0.300. The van der Waals surface area contributed by atoms with Gasteiger partial charge in [-0.3, -0.25) is 9.59 Å². The molecule has 2 aromatic carbocycles. The maximum atomic E-state index is 12.6. The van der Waals surface area contributed by atoms with Gasteiger partial charge >= 0.3 is 11.9 Å². The summed E-state index contributed by atoms with van der Waals surface area (Å²) >= 11 is 0. The molecule has 1 unspecified atom stereocenters. The number of carbonyl (C=O) groups excluding carboxylic acids is 2. The van der Waals surface area contributed by atoms with Crippen molar-refractivity contribution >= 4 is 11.9 Å². The molecule has 0 amide bonds. The molecule has 2 bridgehead atoms. The van der Waals surface area contributed by atoms with Gasteiger partial charge in [0.1, 0.15) is 0 Å². The Bertz CT molecular complexity index is 851. The number of aliphatic hydroxyl groups excluding tert-OH is 1. The van der Waals surface area contributed by atoms with E-state index in [1.54, 1.807) is 6.92 Å². The molecule has 0 radical (unpaired) electrons. The number of rotatable bonds is 1. The lowest BCUT2D eigenvalue weighted by molar-refractivity contribution is -0.154. The van der Waals surface area contributed by atoms with E-state index >= 15 is 0 Å². The van der Waals surface area contributed by atoms with Gasteiger partial charge in [0.05, 0.1) is 23.4 Å². The van der Waals surface area contributed by atoms with Crippen LogP contribution in [0.3, 0.4) is 0 Å². The van der Waals surface area contributed by atoms with Crippen molar-refractivity contribution in [3.8, 4) is 0 Å². The van der Waals surface area contributed by atoms with Crippen molar-refractivity contribution in [2.45, 2.75) is 24.4 Å². The van der Waals surface area contributed by atoms with E-state index in [-0.39, 0.29) is 5.92 Å². The smallest absolute Gasteiger partial charge is 0.318 e. The second-order valence-electron chi connectivity index (χ2n) is 6.94. The Hall–Kier alpha value is -2.46. The molecule has 24 heavy (non-hydrogen) atoms. The van der Waals surface area contributed by atoms with Gasteiger partial charge in [-0.05, 0) is 29.2 Å². The van der Waals surface area contributed by atoms with E-state index in [0.29, 0.717) is 0 Å².